The lowest BCUT2D eigenvalue weighted by atomic mass is 9.67. The number of hydrogen-bond acceptors (Lipinski definition) is 6. The van der Waals surface area contributed by atoms with Crippen LogP contribution in [0.15, 0.2) is 30.3 Å². The molecule has 0 bridgehead atoms. The van der Waals surface area contributed by atoms with Gasteiger partial charge in [0.05, 0.1) is 14.2 Å². The van der Waals surface area contributed by atoms with Gasteiger partial charge in [0.1, 0.15) is 0 Å². The van der Waals surface area contributed by atoms with Gasteiger partial charge in [0.25, 0.3) is 0 Å². The monoisotopic (exact) mass is 360 g/mol. The molecule has 0 fully saturated rings. The minimum atomic E-state index is -0.257. The Kier molecular flexibility index (Phi) is 5.25. The second-order valence-electron chi connectivity index (χ2n) is 6.63. The van der Waals surface area contributed by atoms with E-state index in [9.17, 15) is 20.4 Å². The molecule has 1 aliphatic carbocycles. The van der Waals surface area contributed by atoms with Gasteiger partial charge >= 0.3 is 0 Å². The maximum atomic E-state index is 10.3. The highest BCUT2D eigenvalue weighted by molar-refractivity contribution is 5.53. The third kappa shape index (κ3) is 3.06. The van der Waals surface area contributed by atoms with E-state index in [4.69, 9.17) is 9.47 Å². The lowest BCUT2D eigenvalue weighted by molar-refractivity contribution is 0.101. The summed E-state index contributed by atoms with van der Waals surface area (Å²) >= 11 is 0. The Bertz CT molecular complexity index is 788. The summed E-state index contributed by atoms with van der Waals surface area (Å²) in [6, 6.07) is 8.50. The van der Waals surface area contributed by atoms with Crippen molar-refractivity contribution in [2.45, 2.75) is 12.3 Å². The van der Waals surface area contributed by atoms with Crippen LogP contribution in [0.1, 0.15) is 22.6 Å². The number of benzene rings is 2. The van der Waals surface area contributed by atoms with Gasteiger partial charge in [-0.3, -0.25) is 0 Å². The van der Waals surface area contributed by atoms with Gasteiger partial charge in [-0.2, -0.15) is 0 Å². The summed E-state index contributed by atoms with van der Waals surface area (Å²) in [6.07, 6.45) is 0.583. The van der Waals surface area contributed by atoms with Crippen molar-refractivity contribution in [2.75, 3.05) is 27.4 Å². The molecule has 26 heavy (non-hydrogen) atoms. The average molecular weight is 360 g/mol. The smallest absolute Gasteiger partial charge is 0.160 e. The Hall–Kier alpha value is -2.44. The van der Waals surface area contributed by atoms with Gasteiger partial charge in [0.2, 0.25) is 0 Å². The first kappa shape index (κ1) is 18.4. The van der Waals surface area contributed by atoms with Gasteiger partial charge < -0.3 is 29.9 Å². The second kappa shape index (κ2) is 7.43. The van der Waals surface area contributed by atoms with Crippen LogP contribution in [0.4, 0.5) is 0 Å². The van der Waals surface area contributed by atoms with Crippen molar-refractivity contribution in [3.8, 4) is 23.0 Å². The Morgan fingerprint density at radius 1 is 0.923 bits per heavy atom. The molecule has 0 radical (unpaired) electrons. The first-order valence-corrected chi connectivity index (χ1v) is 8.52. The molecular formula is C20H24O6. The summed E-state index contributed by atoms with van der Waals surface area (Å²) in [5.41, 5.74) is 2.67. The highest BCUT2D eigenvalue weighted by Crippen LogP contribution is 2.47. The van der Waals surface area contributed by atoms with Gasteiger partial charge in [-0.1, -0.05) is 6.07 Å². The van der Waals surface area contributed by atoms with Crippen molar-refractivity contribution in [1.29, 1.82) is 0 Å². The minimum Gasteiger partial charge on any atom is -0.504 e. The molecule has 140 valence electrons. The first-order valence-electron chi connectivity index (χ1n) is 8.52. The summed E-state index contributed by atoms with van der Waals surface area (Å²) in [4.78, 5) is 0. The van der Waals surface area contributed by atoms with Crippen LogP contribution in [-0.4, -0.2) is 47.9 Å². The Morgan fingerprint density at radius 3 is 2.23 bits per heavy atom. The van der Waals surface area contributed by atoms with E-state index in [0.717, 1.165) is 16.7 Å². The van der Waals surface area contributed by atoms with E-state index < -0.39 is 0 Å². The summed E-state index contributed by atoms with van der Waals surface area (Å²) in [6.45, 7) is -0.162. The predicted octanol–water partition coefficient (Wildman–Crippen LogP) is 2.02. The molecule has 0 saturated heterocycles. The number of rotatable bonds is 5. The number of fused-ring (bicyclic) bond motifs is 1. The molecule has 0 unspecified atom stereocenters. The van der Waals surface area contributed by atoms with Crippen LogP contribution in [0.3, 0.4) is 0 Å². The molecule has 0 heterocycles. The zero-order valence-corrected chi connectivity index (χ0v) is 14.8. The number of aliphatic hydroxyl groups excluding tert-OH is 2. The number of hydrogen-bond donors (Lipinski definition) is 4. The van der Waals surface area contributed by atoms with Crippen LogP contribution in [0, 0.1) is 11.8 Å². The zero-order valence-electron chi connectivity index (χ0n) is 14.8. The number of phenolic OH excluding ortho intramolecular Hbond substituents is 2. The standard InChI is InChI=1S/C20H24O6/c1-25-18-6-11(3-4-16(18)23)20-14-8-17(24)19(26-2)7-12(14)5-13(9-21)15(20)10-22/h3-4,6-8,13,15,20-24H,5,9-10H2,1-2H3/t13-,15-,20-/m1/s1. The highest BCUT2D eigenvalue weighted by atomic mass is 16.5. The predicted molar refractivity (Wildman–Crippen MR) is 96.0 cm³/mol. The second-order valence-corrected chi connectivity index (χ2v) is 6.63. The summed E-state index contributed by atoms with van der Waals surface area (Å²) in [7, 11) is 2.97. The van der Waals surface area contributed by atoms with E-state index in [2.05, 4.69) is 0 Å². The van der Waals surface area contributed by atoms with Crippen LogP contribution in [0.2, 0.25) is 0 Å². The van der Waals surface area contributed by atoms with Crippen LogP contribution in [-0.2, 0) is 6.42 Å². The molecule has 0 aromatic heterocycles. The number of ether oxygens (including phenoxy) is 2. The van der Waals surface area contributed by atoms with E-state index in [1.807, 2.05) is 0 Å². The molecule has 0 aliphatic heterocycles. The fourth-order valence-corrected chi connectivity index (χ4v) is 3.96. The van der Waals surface area contributed by atoms with Crippen LogP contribution in [0.5, 0.6) is 23.0 Å². The average Bonchev–Trinajstić information content (AvgIpc) is 2.66. The molecule has 0 amide bonds. The van der Waals surface area contributed by atoms with Crippen molar-refractivity contribution in [3.63, 3.8) is 0 Å². The molecule has 6 nitrogen and oxygen atoms in total. The number of methoxy groups -OCH3 is 2. The molecule has 3 atom stereocenters. The van der Waals surface area contributed by atoms with E-state index >= 15 is 0 Å². The zero-order chi connectivity index (χ0) is 18.8. The first-order chi connectivity index (χ1) is 12.5. The van der Waals surface area contributed by atoms with Gasteiger partial charge in [0, 0.05) is 19.1 Å². The van der Waals surface area contributed by atoms with Gasteiger partial charge in [-0.05, 0) is 59.2 Å². The SMILES string of the molecule is COc1cc([C@@H]2c3cc(O)c(OC)cc3C[C@H](CO)[C@H]2CO)ccc1O. The molecule has 3 rings (SSSR count). The topological polar surface area (TPSA) is 99.4 Å². The molecule has 0 saturated carbocycles. The van der Waals surface area contributed by atoms with Gasteiger partial charge in [0.15, 0.2) is 23.0 Å². The summed E-state index contributed by atoms with van der Waals surface area (Å²) < 4.78 is 10.4. The normalized spacial score (nSPS) is 21.9. The van der Waals surface area contributed by atoms with E-state index in [0.29, 0.717) is 17.9 Å². The fourth-order valence-electron chi connectivity index (χ4n) is 3.96. The molecule has 6 heteroatoms. The quantitative estimate of drug-likeness (QED) is 0.651. The molecule has 4 N–H and O–H groups in total. The van der Waals surface area contributed by atoms with Crippen molar-refractivity contribution in [1.82, 2.24) is 0 Å². The van der Waals surface area contributed by atoms with E-state index in [1.54, 1.807) is 30.3 Å². The van der Waals surface area contributed by atoms with Crippen molar-refractivity contribution in [3.05, 3.63) is 47.0 Å². The van der Waals surface area contributed by atoms with Crippen molar-refractivity contribution < 1.29 is 29.9 Å². The molecule has 1 aliphatic rings. The van der Waals surface area contributed by atoms with Crippen molar-refractivity contribution >= 4 is 0 Å². The Morgan fingerprint density at radius 2 is 1.62 bits per heavy atom. The van der Waals surface area contributed by atoms with Crippen LogP contribution >= 0.6 is 0 Å². The van der Waals surface area contributed by atoms with E-state index in [-0.39, 0.29) is 42.5 Å². The van der Waals surface area contributed by atoms with Gasteiger partial charge in [-0.25, -0.2) is 0 Å². The Labute approximate surface area is 152 Å². The minimum absolute atomic E-state index is 0.0288. The molecule has 0 spiro atoms. The molecule has 2 aromatic carbocycles. The molecular weight excluding hydrogens is 336 g/mol. The van der Waals surface area contributed by atoms with Crippen LogP contribution in [0.25, 0.3) is 0 Å². The lowest BCUT2D eigenvalue weighted by Crippen LogP contribution is -2.35. The van der Waals surface area contributed by atoms with Gasteiger partial charge in [-0.15, -0.1) is 0 Å². The fraction of sp³-hybridized carbons (Fsp3) is 0.400. The van der Waals surface area contributed by atoms with E-state index in [1.165, 1.54) is 14.2 Å². The number of aromatic hydroxyl groups is 2. The summed E-state index contributed by atoms with van der Waals surface area (Å²) in [5, 5.41) is 40.0. The largest absolute Gasteiger partial charge is 0.504 e. The summed E-state index contributed by atoms with van der Waals surface area (Å²) in [5.74, 6) is 0.160. The Balaban J connectivity index is 2.19. The maximum absolute atomic E-state index is 10.3. The van der Waals surface area contributed by atoms with Crippen molar-refractivity contribution in [2.24, 2.45) is 11.8 Å². The number of aliphatic hydroxyl groups is 2. The van der Waals surface area contributed by atoms with Crippen LogP contribution < -0.4 is 9.47 Å². The molecule has 2 aromatic rings. The lowest BCUT2D eigenvalue weighted by Gasteiger charge is -2.38. The third-order valence-electron chi connectivity index (χ3n) is 5.30. The highest BCUT2D eigenvalue weighted by Gasteiger charge is 2.38. The maximum Gasteiger partial charge on any atom is 0.160 e. The third-order valence-corrected chi connectivity index (χ3v) is 5.30. The number of phenols is 2.